The van der Waals surface area contributed by atoms with Gasteiger partial charge in [-0.25, -0.2) is 9.67 Å². The van der Waals surface area contributed by atoms with E-state index < -0.39 is 5.60 Å². The maximum absolute atomic E-state index is 13.1. The number of amides is 1. The second-order valence-electron chi connectivity index (χ2n) is 9.45. The van der Waals surface area contributed by atoms with Gasteiger partial charge in [-0.3, -0.25) is 19.3 Å². The highest BCUT2D eigenvalue weighted by molar-refractivity contribution is 6.30. The van der Waals surface area contributed by atoms with E-state index in [2.05, 4.69) is 20.3 Å². The summed E-state index contributed by atoms with van der Waals surface area (Å²) in [5, 5.41) is 23.6. The molecule has 1 saturated heterocycles. The fourth-order valence-electron chi connectivity index (χ4n) is 4.65. The van der Waals surface area contributed by atoms with Crippen molar-refractivity contribution < 1.29 is 9.90 Å². The highest BCUT2D eigenvalue weighted by Gasteiger charge is 2.36. The van der Waals surface area contributed by atoms with Gasteiger partial charge in [-0.05, 0) is 56.0 Å². The molecule has 11 heteroatoms. The number of fused-ring (bicyclic) bond motifs is 1. The second kappa shape index (κ2) is 8.31. The van der Waals surface area contributed by atoms with Gasteiger partial charge in [0.05, 0.1) is 24.0 Å². The molecule has 1 amide bonds. The molecule has 1 aliphatic carbocycles. The van der Waals surface area contributed by atoms with E-state index in [1.165, 1.54) is 17.1 Å². The molecule has 35 heavy (non-hydrogen) atoms. The van der Waals surface area contributed by atoms with Crippen molar-refractivity contribution in [1.82, 2.24) is 34.4 Å². The number of hydrogen-bond donors (Lipinski definition) is 2. The van der Waals surface area contributed by atoms with Crippen molar-refractivity contribution in [2.24, 2.45) is 0 Å². The van der Waals surface area contributed by atoms with E-state index in [9.17, 15) is 14.7 Å². The Morgan fingerprint density at radius 3 is 2.66 bits per heavy atom. The first-order valence-corrected chi connectivity index (χ1v) is 12.0. The number of H-pyrrole nitrogens is 1. The SMILES string of the molecule is O=C(c1cc(C2CC2)[nH]n1)N1CCC(O)(Cn2cnc3c(cnn3-c3ccc(Cl)cc3)c2=O)CC1. The summed E-state index contributed by atoms with van der Waals surface area (Å²) in [4.78, 5) is 32.1. The van der Waals surface area contributed by atoms with Crippen LogP contribution in [0.3, 0.4) is 0 Å². The van der Waals surface area contributed by atoms with Crippen molar-refractivity contribution in [3.8, 4) is 5.69 Å². The fraction of sp³-hybridized carbons (Fsp3) is 0.375. The quantitative estimate of drug-likeness (QED) is 0.440. The number of aromatic nitrogens is 6. The third kappa shape index (κ3) is 4.12. The zero-order valence-electron chi connectivity index (χ0n) is 18.9. The molecule has 4 heterocycles. The predicted molar refractivity (Wildman–Crippen MR) is 129 cm³/mol. The summed E-state index contributed by atoms with van der Waals surface area (Å²) in [6.07, 6.45) is 5.90. The van der Waals surface area contributed by atoms with E-state index in [1.54, 1.807) is 33.8 Å². The minimum absolute atomic E-state index is 0.0944. The van der Waals surface area contributed by atoms with Crippen LogP contribution < -0.4 is 5.56 Å². The van der Waals surface area contributed by atoms with Crippen LogP contribution in [0, 0.1) is 0 Å². The molecule has 1 saturated carbocycles. The van der Waals surface area contributed by atoms with Gasteiger partial charge in [-0.1, -0.05) is 11.6 Å². The number of likely N-dealkylation sites (tertiary alicyclic amines) is 1. The van der Waals surface area contributed by atoms with E-state index in [-0.39, 0.29) is 18.0 Å². The van der Waals surface area contributed by atoms with Crippen molar-refractivity contribution in [2.75, 3.05) is 13.1 Å². The number of carbonyl (C=O) groups is 1. The molecule has 1 aliphatic heterocycles. The second-order valence-corrected chi connectivity index (χ2v) is 9.88. The third-order valence-corrected chi connectivity index (χ3v) is 7.16. The number of nitrogens with one attached hydrogen (secondary N) is 1. The van der Waals surface area contributed by atoms with Crippen LogP contribution in [0.25, 0.3) is 16.7 Å². The average Bonchev–Trinajstić information content (AvgIpc) is 3.42. The Morgan fingerprint density at radius 2 is 1.94 bits per heavy atom. The molecule has 4 aromatic rings. The van der Waals surface area contributed by atoms with Crippen molar-refractivity contribution in [3.63, 3.8) is 0 Å². The number of carbonyl (C=O) groups excluding carboxylic acids is 1. The Kier molecular flexibility index (Phi) is 5.23. The Balaban J connectivity index is 1.16. The molecule has 0 unspecified atom stereocenters. The molecule has 0 spiro atoms. The minimum atomic E-state index is -1.12. The lowest BCUT2D eigenvalue weighted by atomic mass is 9.91. The highest BCUT2D eigenvalue weighted by Crippen LogP contribution is 2.39. The molecule has 0 atom stereocenters. The van der Waals surface area contributed by atoms with Gasteiger partial charge >= 0.3 is 0 Å². The predicted octanol–water partition coefficient (Wildman–Crippen LogP) is 2.50. The Bertz CT molecular complexity index is 1460. The topological polar surface area (TPSA) is 122 Å². The smallest absolute Gasteiger partial charge is 0.274 e. The van der Waals surface area contributed by atoms with Gasteiger partial charge in [0.25, 0.3) is 11.5 Å². The first-order valence-electron chi connectivity index (χ1n) is 11.7. The summed E-state index contributed by atoms with van der Waals surface area (Å²) in [6.45, 7) is 0.872. The van der Waals surface area contributed by atoms with E-state index in [0.29, 0.717) is 53.6 Å². The van der Waals surface area contributed by atoms with Crippen LogP contribution in [0.1, 0.15) is 47.8 Å². The number of rotatable bonds is 5. The third-order valence-electron chi connectivity index (χ3n) is 6.91. The number of aromatic amines is 1. The van der Waals surface area contributed by atoms with Crippen molar-refractivity contribution in [2.45, 2.75) is 43.7 Å². The lowest BCUT2D eigenvalue weighted by Crippen LogP contribution is -2.49. The van der Waals surface area contributed by atoms with Crippen LogP contribution in [0.4, 0.5) is 0 Å². The molecule has 2 fully saturated rings. The molecule has 2 N–H and O–H groups in total. The van der Waals surface area contributed by atoms with Gasteiger partial charge in [0.1, 0.15) is 17.4 Å². The summed E-state index contributed by atoms with van der Waals surface area (Å²) in [6, 6.07) is 8.93. The van der Waals surface area contributed by atoms with E-state index in [4.69, 9.17) is 11.6 Å². The van der Waals surface area contributed by atoms with Crippen LogP contribution >= 0.6 is 11.6 Å². The number of piperidine rings is 1. The van der Waals surface area contributed by atoms with E-state index >= 15 is 0 Å². The van der Waals surface area contributed by atoms with Crippen molar-refractivity contribution >= 4 is 28.5 Å². The Hall–Kier alpha value is -3.50. The van der Waals surface area contributed by atoms with Crippen LogP contribution in [-0.2, 0) is 6.54 Å². The summed E-state index contributed by atoms with van der Waals surface area (Å²) in [5.41, 5.74) is 1.22. The largest absolute Gasteiger partial charge is 0.388 e. The van der Waals surface area contributed by atoms with Crippen LogP contribution in [0.5, 0.6) is 0 Å². The highest BCUT2D eigenvalue weighted by atomic mass is 35.5. The first-order chi connectivity index (χ1) is 16.9. The first kappa shape index (κ1) is 22.0. The van der Waals surface area contributed by atoms with Gasteiger partial charge in [-0.15, -0.1) is 0 Å². The summed E-state index contributed by atoms with van der Waals surface area (Å²) >= 11 is 5.97. The minimum Gasteiger partial charge on any atom is -0.388 e. The number of halogens is 1. The number of aliphatic hydroxyl groups is 1. The summed E-state index contributed by atoms with van der Waals surface area (Å²) < 4.78 is 3.00. The molecule has 2 aliphatic rings. The Labute approximate surface area is 205 Å². The Morgan fingerprint density at radius 1 is 1.20 bits per heavy atom. The zero-order chi connectivity index (χ0) is 24.2. The standard InChI is InChI=1S/C24H24ClN7O3/c25-16-3-5-17(6-4-16)32-21-18(12-27-32)22(33)31(14-26-21)13-24(35)7-9-30(10-8-24)23(34)20-11-19(28-29-20)15-1-2-15/h3-6,11-12,14-15,35H,1-2,7-10,13H2,(H,28,29). The molecule has 6 rings (SSSR count). The maximum Gasteiger partial charge on any atom is 0.274 e. The average molecular weight is 494 g/mol. The molecule has 10 nitrogen and oxygen atoms in total. The monoisotopic (exact) mass is 493 g/mol. The van der Waals surface area contributed by atoms with Crippen LogP contribution in [0.2, 0.25) is 5.02 Å². The van der Waals surface area contributed by atoms with E-state index in [1.807, 2.05) is 6.07 Å². The van der Waals surface area contributed by atoms with Gasteiger partial charge < -0.3 is 10.0 Å². The van der Waals surface area contributed by atoms with Crippen molar-refractivity contribution in [1.29, 1.82) is 0 Å². The summed E-state index contributed by atoms with van der Waals surface area (Å²) in [5.74, 6) is 0.364. The van der Waals surface area contributed by atoms with E-state index in [0.717, 1.165) is 24.2 Å². The number of hydrogen-bond acceptors (Lipinski definition) is 6. The lowest BCUT2D eigenvalue weighted by molar-refractivity contribution is -0.0300. The number of benzene rings is 1. The maximum atomic E-state index is 13.1. The fourth-order valence-corrected chi connectivity index (χ4v) is 4.77. The van der Waals surface area contributed by atoms with Crippen LogP contribution in [0.15, 0.2) is 47.7 Å². The van der Waals surface area contributed by atoms with Gasteiger partial charge in [0.2, 0.25) is 0 Å². The molecule has 0 radical (unpaired) electrons. The van der Waals surface area contributed by atoms with Crippen molar-refractivity contribution in [3.05, 3.63) is 69.6 Å². The van der Waals surface area contributed by atoms with Gasteiger partial charge in [0, 0.05) is 29.7 Å². The molecular weight excluding hydrogens is 470 g/mol. The number of nitrogens with zero attached hydrogens (tertiary/aromatic N) is 6. The zero-order valence-corrected chi connectivity index (χ0v) is 19.6. The lowest BCUT2D eigenvalue weighted by Gasteiger charge is -2.38. The van der Waals surface area contributed by atoms with Gasteiger partial charge in [-0.2, -0.15) is 10.2 Å². The van der Waals surface area contributed by atoms with Gasteiger partial charge in [0.15, 0.2) is 5.65 Å². The molecule has 3 aromatic heterocycles. The molecule has 1 aromatic carbocycles. The molecule has 180 valence electrons. The molecule has 0 bridgehead atoms. The normalized spacial score (nSPS) is 17.7. The summed E-state index contributed by atoms with van der Waals surface area (Å²) in [7, 11) is 0. The molecular formula is C24H24ClN7O3. The van der Waals surface area contributed by atoms with Crippen LogP contribution in [-0.4, -0.2) is 64.1 Å².